The summed E-state index contributed by atoms with van der Waals surface area (Å²) in [7, 11) is 0. The molecule has 7 heteroatoms. The first-order valence-corrected chi connectivity index (χ1v) is 7.14. The van der Waals surface area contributed by atoms with E-state index < -0.39 is 4.92 Å². The SMILES string of the molecule is O=[N+]([O-])c1ccc(NCc2ccc(Cl)cc2Br)c(Cl)c1. The lowest BCUT2D eigenvalue weighted by Crippen LogP contribution is -2.01. The maximum Gasteiger partial charge on any atom is 0.271 e. The maximum absolute atomic E-state index is 10.6. The Kier molecular flexibility index (Phi) is 4.86. The lowest BCUT2D eigenvalue weighted by atomic mass is 10.2. The molecule has 2 rings (SSSR count). The highest BCUT2D eigenvalue weighted by molar-refractivity contribution is 9.10. The van der Waals surface area contributed by atoms with Gasteiger partial charge in [-0.2, -0.15) is 0 Å². The van der Waals surface area contributed by atoms with Crippen LogP contribution >= 0.6 is 39.1 Å². The lowest BCUT2D eigenvalue weighted by Gasteiger charge is -2.10. The second kappa shape index (κ2) is 6.43. The van der Waals surface area contributed by atoms with Crippen LogP contribution < -0.4 is 5.32 Å². The number of anilines is 1. The summed E-state index contributed by atoms with van der Waals surface area (Å²) < 4.78 is 0.885. The Hall–Kier alpha value is -1.30. The molecule has 2 aromatic rings. The van der Waals surface area contributed by atoms with Crippen LogP contribution in [0.5, 0.6) is 0 Å². The molecule has 0 radical (unpaired) electrons. The number of halogens is 3. The van der Waals surface area contributed by atoms with Crippen molar-refractivity contribution in [2.45, 2.75) is 6.54 Å². The third-order valence-electron chi connectivity index (χ3n) is 2.65. The van der Waals surface area contributed by atoms with Crippen molar-refractivity contribution in [2.24, 2.45) is 0 Å². The van der Waals surface area contributed by atoms with Crippen LogP contribution in [-0.4, -0.2) is 4.92 Å². The van der Waals surface area contributed by atoms with E-state index in [1.54, 1.807) is 18.2 Å². The van der Waals surface area contributed by atoms with Crippen LogP contribution in [0.3, 0.4) is 0 Å². The van der Waals surface area contributed by atoms with Crippen molar-refractivity contribution in [3.05, 3.63) is 66.6 Å². The molecule has 0 amide bonds. The molecule has 0 spiro atoms. The first kappa shape index (κ1) is 15.1. The van der Waals surface area contributed by atoms with Crippen molar-refractivity contribution >= 4 is 50.5 Å². The molecule has 0 bridgehead atoms. The molecule has 0 heterocycles. The quantitative estimate of drug-likeness (QED) is 0.584. The summed E-state index contributed by atoms with van der Waals surface area (Å²) in [6.07, 6.45) is 0. The molecule has 0 unspecified atom stereocenters. The number of rotatable bonds is 4. The van der Waals surface area contributed by atoms with E-state index in [0.717, 1.165) is 10.0 Å². The molecule has 4 nitrogen and oxygen atoms in total. The maximum atomic E-state index is 10.6. The summed E-state index contributed by atoms with van der Waals surface area (Å²) >= 11 is 15.3. The van der Waals surface area contributed by atoms with Gasteiger partial charge in [0, 0.05) is 28.2 Å². The third-order valence-corrected chi connectivity index (χ3v) is 3.93. The number of nitrogens with zero attached hydrogens (tertiary/aromatic N) is 1. The number of benzene rings is 2. The molecule has 0 aliphatic heterocycles. The molecule has 0 saturated carbocycles. The third kappa shape index (κ3) is 3.62. The van der Waals surface area contributed by atoms with Gasteiger partial charge in [-0.25, -0.2) is 0 Å². The van der Waals surface area contributed by atoms with Gasteiger partial charge in [0.1, 0.15) is 0 Å². The Bertz CT molecular complexity index is 665. The lowest BCUT2D eigenvalue weighted by molar-refractivity contribution is -0.384. The topological polar surface area (TPSA) is 55.2 Å². The highest BCUT2D eigenvalue weighted by Crippen LogP contribution is 2.28. The number of non-ortho nitro benzene ring substituents is 1. The molecular weight excluding hydrogens is 367 g/mol. The summed E-state index contributed by atoms with van der Waals surface area (Å²) in [5.41, 5.74) is 1.61. The fourth-order valence-electron chi connectivity index (χ4n) is 1.62. The minimum absolute atomic E-state index is 0.0341. The van der Waals surface area contributed by atoms with Gasteiger partial charge in [0.15, 0.2) is 0 Å². The average molecular weight is 376 g/mol. The van der Waals surface area contributed by atoms with Crippen molar-refractivity contribution in [2.75, 3.05) is 5.32 Å². The zero-order valence-electron chi connectivity index (χ0n) is 10.1. The van der Waals surface area contributed by atoms with Gasteiger partial charge in [-0.1, -0.05) is 45.2 Å². The fourth-order valence-corrected chi connectivity index (χ4v) is 2.68. The minimum Gasteiger partial charge on any atom is -0.380 e. The van der Waals surface area contributed by atoms with E-state index in [1.807, 2.05) is 6.07 Å². The monoisotopic (exact) mass is 374 g/mol. The molecule has 2 aromatic carbocycles. The van der Waals surface area contributed by atoms with Gasteiger partial charge in [0.2, 0.25) is 0 Å². The van der Waals surface area contributed by atoms with Gasteiger partial charge in [-0.3, -0.25) is 10.1 Å². The number of hydrogen-bond acceptors (Lipinski definition) is 3. The summed E-state index contributed by atoms with van der Waals surface area (Å²) in [6.45, 7) is 0.523. The Labute approximate surface area is 134 Å². The fraction of sp³-hybridized carbons (Fsp3) is 0.0769. The molecule has 0 aromatic heterocycles. The van der Waals surface area contributed by atoms with Crippen LogP contribution in [0.15, 0.2) is 40.9 Å². The molecular formula is C13H9BrCl2N2O2. The summed E-state index contributed by atoms with van der Waals surface area (Å²) in [4.78, 5) is 10.1. The molecule has 1 N–H and O–H groups in total. The van der Waals surface area contributed by atoms with Crippen LogP contribution in [0.4, 0.5) is 11.4 Å². The molecule has 0 aliphatic rings. The summed E-state index contributed by atoms with van der Waals surface area (Å²) in [6, 6.07) is 9.80. The molecule has 104 valence electrons. The van der Waals surface area contributed by atoms with Gasteiger partial charge in [0.25, 0.3) is 5.69 Å². The van der Waals surface area contributed by atoms with E-state index >= 15 is 0 Å². The van der Waals surface area contributed by atoms with Crippen LogP contribution in [-0.2, 0) is 6.54 Å². The first-order valence-electron chi connectivity index (χ1n) is 5.59. The van der Waals surface area contributed by atoms with Crippen LogP contribution in [0.1, 0.15) is 5.56 Å². The van der Waals surface area contributed by atoms with Gasteiger partial charge in [-0.05, 0) is 23.8 Å². The number of hydrogen-bond donors (Lipinski definition) is 1. The zero-order chi connectivity index (χ0) is 14.7. The van der Waals surface area contributed by atoms with E-state index in [2.05, 4.69) is 21.2 Å². The van der Waals surface area contributed by atoms with E-state index in [-0.39, 0.29) is 5.69 Å². The van der Waals surface area contributed by atoms with Crippen molar-refractivity contribution in [1.82, 2.24) is 0 Å². The van der Waals surface area contributed by atoms with E-state index in [1.165, 1.54) is 12.1 Å². The smallest absolute Gasteiger partial charge is 0.271 e. The van der Waals surface area contributed by atoms with Crippen molar-refractivity contribution < 1.29 is 4.92 Å². The second-order valence-electron chi connectivity index (χ2n) is 4.01. The van der Waals surface area contributed by atoms with E-state index in [4.69, 9.17) is 23.2 Å². The van der Waals surface area contributed by atoms with Gasteiger partial charge in [0.05, 0.1) is 15.6 Å². The average Bonchev–Trinajstić information content (AvgIpc) is 2.38. The van der Waals surface area contributed by atoms with Crippen molar-refractivity contribution in [3.8, 4) is 0 Å². The van der Waals surface area contributed by atoms with Crippen LogP contribution in [0.25, 0.3) is 0 Å². The molecule has 0 aliphatic carbocycles. The Morgan fingerprint density at radius 3 is 2.55 bits per heavy atom. The molecule has 0 saturated heterocycles. The largest absolute Gasteiger partial charge is 0.380 e. The number of nitro groups is 1. The minimum atomic E-state index is -0.481. The molecule has 0 atom stereocenters. The predicted octanol–water partition coefficient (Wildman–Crippen LogP) is 5.28. The van der Waals surface area contributed by atoms with E-state index in [9.17, 15) is 10.1 Å². The van der Waals surface area contributed by atoms with Crippen molar-refractivity contribution in [3.63, 3.8) is 0 Å². The molecule has 20 heavy (non-hydrogen) atoms. The summed E-state index contributed by atoms with van der Waals surface area (Å²) in [5.74, 6) is 0. The first-order chi connectivity index (χ1) is 9.47. The van der Waals surface area contributed by atoms with Crippen molar-refractivity contribution in [1.29, 1.82) is 0 Å². The summed E-state index contributed by atoms with van der Waals surface area (Å²) in [5, 5.41) is 14.7. The number of nitrogens with one attached hydrogen (secondary N) is 1. The normalized spacial score (nSPS) is 10.3. The Morgan fingerprint density at radius 2 is 1.95 bits per heavy atom. The second-order valence-corrected chi connectivity index (χ2v) is 5.71. The van der Waals surface area contributed by atoms with Gasteiger partial charge in [-0.15, -0.1) is 0 Å². The van der Waals surface area contributed by atoms with Crippen LogP contribution in [0, 0.1) is 10.1 Å². The van der Waals surface area contributed by atoms with Crippen LogP contribution in [0.2, 0.25) is 10.0 Å². The van der Waals surface area contributed by atoms with E-state index in [0.29, 0.717) is 22.3 Å². The predicted molar refractivity (Wildman–Crippen MR) is 84.6 cm³/mol. The number of nitro benzene ring substituents is 1. The van der Waals surface area contributed by atoms with Gasteiger partial charge >= 0.3 is 0 Å². The highest BCUT2D eigenvalue weighted by atomic mass is 79.9. The Morgan fingerprint density at radius 1 is 1.20 bits per heavy atom. The zero-order valence-corrected chi connectivity index (χ0v) is 13.2. The standard InChI is InChI=1S/C13H9BrCl2N2O2/c14-11-5-9(15)2-1-8(11)7-17-13-4-3-10(18(19)20)6-12(13)16/h1-6,17H,7H2. The Balaban J connectivity index is 2.13. The molecule has 0 fully saturated rings. The van der Waals surface area contributed by atoms with Gasteiger partial charge < -0.3 is 5.32 Å². The highest BCUT2D eigenvalue weighted by Gasteiger charge is 2.09.